The Balaban J connectivity index is 2.28. The highest BCUT2D eigenvalue weighted by Gasteiger charge is 2.14. The number of carbonyl (C=O) groups excluding carboxylic acids is 1. The minimum absolute atomic E-state index is 0.145. The van der Waals surface area contributed by atoms with Crippen molar-refractivity contribution in [3.05, 3.63) is 40.9 Å². The Morgan fingerprint density at radius 1 is 1.50 bits per heavy atom. The first kappa shape index (κ1) is 14.6. The lowest BCUT2D eigenvalue weighted by atomic mass is 10.3. The third-order valence-electron chi connectivity index (χ3n) is 2.96. The van der Waals surface area contributed by atoms with Crippen molar-refractivity contribution < 1.29 is 4.79 Å². The standard InChI is InChI=1S/C14H17BrN4O/c1-4-19-9-10(15)7-13(19)14(20)17-11-8-16-6-5-12(11)18(2)3/h5-9H,4H2,1-3H3,(H,17,20). The molecule has 0 fully saturated rings. The maximum Gasteiger partial charge on any atom is 0.272 e. The first-order valence-electron chi connectivity index (χ1n) is 6.31. The summed E-state index contributed by atoms with van der Waals surface area (Å²) in [5.41, 5.74) is 2.23. The topological polar surface area (TPSA) is 50.2 Å². The normalized spacial score (nSPS) is 10.4. The van der Waals surface area contributed by atoms with Crippen LogP contribution in [0.25, 0.3) is 0 Å². The number of hydrogen-bond donors (Lipinski definition) is 1. The van der Waals surface area contributed by atoms with Crippen molar-refractivity contribution in [3.8, 4) is 0 Å². The van der Waals surface area contributed by atoms with Gasteiger partial charge >= 0.3 is 0 Å². The molecule has 0 aliphatic rings. The molecule has 2 heterocycles. The van der Waals surface area contributed by atoms with Crippen molar-refractivity contribution >= 4 is 33.2 Å². The van der Waals surface area contributed by atoms with Crippen LogP contribution in [0.2, 0.25) is 0 Å². The van der Waals surface area contributed by atoms with E-state index in [0.717, 1.165) is 16.7 Å². The summed E-state index contributed by atoms with van der Waals surface area (Å²) in [7, 11) is 3.85. The largest absolute Gasteiger partial charge is 0.376 e. The lowest BCUT2D eigenvalue weighted by Crippen LogP contribution is -2.19. The van der Waals surface area contributed by atoms with Crippen LogP contribution >= 0.6 is 15.9 Å². The highest BCUT2D eigenvalue weighted by molar-refractivity contribution is 9.10. The number of rotatable bonds is 4. The molecule has 0 aliphatic carbocycles. The van der Waals surface area contributed by atoms with Crippen LogP contribution in [0.1, 0.15) is 17.4 Å². The number of aromatic nitrogens is 2. The van der Waals surface area contributed by atoms with Crippen molar-refractivity contribution in [2.24, 2.45) is 0 Å². The van der Waals surface area contributed by atoms with Gasteiger partial charge in [0.05, 0.1) is 17.6 Å². The molecular formula is C14H17BrN4O. The van der Waals surface area contributed by atoms with Gasteiger partial charge < -0.3 is 14.8 Å². The van der Waals surface area contributed by atoms with Crippen LogP contribution in [-0.2, 0) is 6.54 Å². The fourth-order valence-electron chi connectivity index (χ4n) is 1.99. The maximum atomic E-state index is 12.4. The fraction of sp³-hybridized carbons (Fsp3) is 0.286. The number of halogens is 1. The van der Waals surface area contributed by atoms with E-state index in [1.807, 2.05) is 48.8 Å². The molecule has 2 aromatic heterocycles. The first-order chi connectivity index (χ1) is 9.52. The average Bonchev–Trinajstić information content (AvgIpc) is 2.80. The number of nitrogens with zero attached hydrogens (tertiary/aromatic N) is 3. The Bertz CT molecular complexity index is 621. The minimum atomic E-state index is -0.145. The Kier molecular flexibility index (Phi) is 4.44. The quantitative estimate of drug-likeness (QED) is 0.933. The Hall–Kier alpha value is -1.82. The van der Waals surface area contributed by atoms with Crippen LogP contribution in [0.5, 0.6) is 0 Å². The van der Waals surface area contributed by atoms with E-state index >= 15 is 0 Å². The first-order valence-corrected chi connectivity index (χ1v) is 7.10. The van der Waals surface area contributed by atoms with E-state index in [1.54, 1.807) is 12.4 Å². The zero-order chi connectivity index (χ0) is 14.7. The highest BCUT2D eigenvalue weighted by atomic mass is 79.9. The Morgan fingerprint density at radius 3 is 2.90 bits per heavy atom. The van der Waals surface area contributed by atoms with Gasteiger partial charge in [-0.1, -0.05) is 0 Å². The molecule has 0 bridgehead atoms. The number of nitrogens with one attached hydrogen (secondary N) is 1. The van der Waals surface area contributed by atoms with Crippen molar-refractivity contribution in [3.63, 3.8) is 0 Å². The predicted molar refractivity (Wildman–Crippen MR) is 84.3 cm³/mol. The van der Waals surface area contributed by atoms with Gasteiger partial charge in [-0.3, -0.25) is 9.78 Å². The molecule has 0 saturated heterocycles. The molecule has 1 amide bonds. The summed E-state index contributed by atoms with van der Waals surface area (Å²) in [6.45, 7) is 2.74. The average molecular weight is 337 g/mol. The summed E-state index contributed by atoms with van der Waals surface area (Å²) in [6, 6.07) is 3.68. The van der Waals surface area contributed by atoms with Crippen LogP contribution in [0.15, 0.2) is 35.2 Å². The van der Waals surface area contributed by atoms with Crippen LogP contribution in [0.3, 0.4) is 0 Å². The van der Waals surface area contributed by atoms with Gasteiger partial charge in [-0.05, 0) is 35.0 Å². The molecule has 0 spiro atoms. The predicted octanol–water partition coefficient (Wildman–Crippen LogP) is 2.98. The van der Waals surface area contributed by atoms with E-state index in [4.69, 9.17) is 0 Å². The third-order valence-corrected chi connectivity index (χ3v) is 3.40. The summed E-state index contributed by atoms with van der Waals surface area (Å²) in [5.74, 6) is -0.145. The lowest BCUT2D eigenvalue weighted by Gasteiger charge is -2.17. The minimum Gasteiger partial charge on any atom is -0.376 e. The molecule has 106 valence electrons. The molecule has 5 nitrogen and oxygen atoms in total. The maximum absolute atomic E-state index is 12.4. The SMILES string of the molecule is CCn1cc(Br)cc1C(=O)Nc1cnccc1N(C)C. The van der Waals surface area contributed by atoms with Crippen molar-refractivity contribution in [2.45, 2.75) is 13.5 Å². The molecule has 6 heteroatoms. The molecule has 0 unspecified atom stereocenters. The summed E-state index contributed by atoms with van der Waals surface area (Å²) in [4.78, 5) is 18.4. The van der Waals surface area contributed by atoms with E-state index in [9.17, 15) is 4.79 Å². The second-order valence-electron chi connectivity index (χ2n) is 4.57. The van der Waals surface area contributed by atoms with Crippen molar-refractivity contribution in [2.75, 3.05) is 24.3 Å². The Labute approximate surface area is 126 Å². The van der Waals surface area contributed by atoms with Crippen LogP contribution in [0, 0.1) is 0 Å². The van der Waals surface area contributed by atoms with Crippen molar-refractivity contribution in [1.29, 1.82) is 0 Å². The van der Waals surface area contributed by atoms with Crippen molar-refractivity contribution in [1.82, 2.24) is 9.55 Å². The van der Waals surface area contributed by atoms with E-state index in [0.29, 0.717) is 11.4 Å². The molecule has 0 saturated carbocycles. The van der Waals surface area contributed by atoms with Gasteiger partial charge in [0.2, 0.25) is 0 Å². The molecule has 2 aromatic rings. The lowest BCUT2D eigenvalue weighted by molar-refractivity contribution is 0.101. The Morgan fingerprint density at radius 2 is 2.25 bits per heavy atom. The zero-order valence-electron chi connectivity index (χ0n) is 11.7. The monoisotopic (exact) mass is 336 g/mol. The van der Waals surface area contributed by atoms with Crippen LogP contribution in [0.4, 0.5) is 11.4 Å². The number of aryl methyl sites for hydroxylation is 1. The van der Waals surface area contributed by atoms with Gasteiger partial charge in [0, 0.05) is 37.5 Å². The van der Waals surface area contributed by atoms with E-state index < -0.39 is 0 Å². The van der Waals surface area contributed by atoms with Gasteiger partial charge in [0.25, 0.3) is 5.91 Å². The number of hydrogen-bond acceptors (Lipinski definition) is 3. The van der Waals surface area contributed by atoms with E-state index in [1.165, 1.54) is 0 Å². The summed E-state index contributed by atoms with van der Waals surface area (Å²) in [5, 5.41) is 2.91. The fourth-order valence-corrected chi connectivity index (χ4v) is 2.45. The summed E-state index contributed by atoms with van der Waals surface area (Å²) < 4.78 is 2.79. The van der Waals surface area contributed by atoms with E-state index in [-0.39, 0.29) is 5.91 Å². The highest BCUT2D eigenvalue weighted by Crippen LogP contribution is 2.23. The molecule has 0 aromatic carbocycles. The third kappa shape index (κ3) is 3.01. The molecule has 0 radical (unpaired) electrons. The smallest absolute Gasteiger partial charge is 0.272 e. The molecule has 2 rings (SSSR count). The zero-order valence-corrected chi connectivity index (χ0v) is 13.3. The van der Waals surface area contributed by atoms with Gasteiger partial charge in [-0.15, -0.1) is 0 Å². The second-order valence-corrected chi connectivity index (χ2v) is 5.49. The summed E-state index contributed by atoms with van der Waals surface area (Å²) >= 11 is 3.39. The molecule has 20 heavy (non-hydrogen) atoms. The number of carbonyl (C=O) groups is 1. The van der Waals surface area contributed by atoms with Gasteiger partial charge in [-0.25, -0.2) is 0 Å². The second kappa shape index (κ2) is 6.09. The summed E-state index contributed by atoms with van der Waals surface area (Å²) in [6.07, 6.45) is 5.25. The molecule has 1 N–H and O–H groups in total. The molecular weight excluding hydrogens is 320 g/mol. The van der Waals surface area contributed by atoms with Gasteiger partial charge in [-0.2, -0.15) is 0 Å². The number of pyridine rings is 1. The van der Waals surface area contributed by atoms with Gasteiger partial charge in [0.1, 0.15) is 5.69 Å². The van der Waals surface area contributed by atoms with Crippen LogP contribution in [-0.4, -0.2) is 29.6 Å². The number of amides is 1. The number of anilines is 2. The van der Waals surface area contributed by atoms with Crippen LogP contribution < -0.4 is 10.2 Å². The van der Waals surface area contributed by atoms with Gasteiger partial charge in [0.15, 0.2) is 0 Å². The van der Waals surface area contributed by atoms with E-state index in [2.05, 4.69) is 26.2 Å². The molecule has 0 aliphatic heterocycles. The molecule has 0 atom stereocenters.